The van der Waals surface area contributed by atoms with Crippen LogP contribution >= 0.6 is 0 Å². The molecule has 0 radical (unpaired) electrons. The molecule has 2 aromatic rings. The molecule has 2 aromatic carbocycles. The molecule has 2 aliphatic rings. The zero-order valence-electron chi connectivity index (χ0n) is 23.4. The van der Waals surface area contributed by atoms with Crippen molar-refractivity contribution in [2.75, 3.05) is 45.2 Å². The highest BCUT2D eigenvalue weighted by Gasteiger charge is 2.39. The van der Waals surface area contributed by atoms with Crippen molar-refractivity contribution in [1.29, 1.82) is 0 Å². The van der Waals surface area contributed by atoms with E-state index in [0.29, 0.717) is 18.9 Å². The van der Waals surface area contributed by atoms with Gasteiger partial charge in [-0.1, -0.05) is 25.1 Å². The fourth-order valence-electron chi connectivity index (χ4n) is 5.43. The van der Waals surface area contributed by atoms with Crippen LogP contribution in [0.15, 0.2) is 47.5 Å². The van der Waals surface area contributed by atoms with Crippen molar-refractivity contribution in [3.05, 3.63) is 65.2 Å². The second kappa shape index (κ2) is 14.3. The summed E-state index contributed by atoms with van der Waals surface area (Å²) >= 11 is 0. The summed E-state index contributed by atoms with van der Waals surface area (Å²) < 4.78 is 32.7. The smallest absolute Gasteiger partial charge is 0.341 e. The summed E-state index contributed by atoms with van der Waals surface area (Å²) in [6.45, 7) is 4.87. The maximum absolute atomic E-state index is 14.0. The van der Waals surface area contributed by atoms with Crippen molar-refractivity contribution in [2.45, 2.75) is 44.6 Å². The molecule has 11 heteroatoms. The van der Waals surface area contributed by atoms with E-state index in [9.17, 15) is 23.2 Å². The fourth-order valence-corrected chi connectivity index (χ4v) is 5.43. The van der Waals surface area contributed by atoms with Gasteiger partial charge in [0, 0.05) is 25.8 Å². The fraction of sp³-hybridized carbons (Fsp3) is 0.467. The first kappa shape index (κ1) is 30.3. The van der Waals surface area contributed by atoms with Crippen LogP contribution in [0, 0.1) is 17.6 Å². The molecule has 0 saturated carbocycles. The lowest BCUT2D eigenvalue weighted by atomic mass is 9.87. The summed E-state index contributed by atoms with van der Waals surface area (Å²) in [6.07, 6.45) is 3.18. The molecule has 1 unspecified atom stereocenters. The largest absolute Gasteiger partial charge is 0.379 e. The van der Waals surface area contributed by atoms with Gasteiger partial charge in [0.1, 0.15) is 5.92 Å². The summed E-state index contributed by atoms with van der Waals surface area (Å²) in [6, 6.07) is 9.78. The van der Waals surface area contributed by atoms with Crippen LogP contribution < -0.4 is 16.0 Å². The average molecular weight is 570 g/mol. The Kier molecular flexibility index (Phi) is 10.5. The summed E-state index contributed by atoms with van der Waals surface area (Å²) in [5.41, 5.74) is 2.55. The Morgan fingerprint density at radius 3 is 2.59 bits per heavy atom. The summed E-state index contributed by atoms with van der Waals surface area (Å²) in [5.74, 6) is -2.94. The van der Waals surface area contributed by atoms with Crippen molar-refractivity contribution in [3.63, 3.8) is 0 Å². The first-order valence-electron chi connectivity index (χ1n) is 14.0. The molecule has 4 rings (SSSR count). The molecule has 0 aliphatic carbocycles. The number of piperidine rings is 1. The van der Waals surface area contributed by atoms with E-state index in [1.165, 1.54) is 18.7 Å². The number of halogens is 2. The van der Waals surface area contributed by atoms with Crippen molar-refractivity contribution < 1.29 is 27.9 Å². The number of benzene rings is 2. The van der Waals surface area contributed by atoms with Gasteiger partial charge in [0.2, 0.25) is 11.8 Å². The maximum atomic E-state index is 14.0. The van der Waals surface area contributed by atoms with E-state index in [1.807, 2.05) is 19.1 Å². The molecule has 2 atom stereocenters. The lowest BCUT2D eigenvalue weighted by Crippen LogP contribution is -2.49. The third kappa shape index (κ3) is 7.95. The van der Waals surface area contributed by atoms with Crippen LogP contribution in [0.25, 0.3) is 0 Å². The van der Waals surface area contributed by atoms with Crippen LogP contribution in [0.3, 0.4) is 0 Å². The SMILES string of the molecule is CCC(=O)Nc1cccc(C2CCN(CCCNC(=O)C3C(COC)=NC(=O)N[C@@H]3c3ccc(F)c(F)c3)CC2)c1. The van der Waals surface area contributed by atoms with Gasteiger partial charge in [-0.25, -0.2) is 13.6 Å². The summed E-state index contributed by atoms with van der Waals surface area (Å²) in [5, 5.41) is 8.46. The maximum Gasteiger partial charge on any atom is 0.341 e. The highest BCUT2D eigenvalue weighted by molar-refractivity contribution is 6.11. The van der Waals surface area contributed by atoms with Gasteiger partial charge in [-0.3, -0.25) is 9.59 Å². The van der Waals surface area contributed by atoms with Gasteiger partial charge in [-0.2, -0.15) is 4.99 Å². The zero-order valence-corrected chi connectivity index (χ0v) is 23.4. The van der Waals surface area contributed by atoms with Gasteiger partial charge in [0.15, 0.2) is 11.6 Å². The molecule has 0 aromatic heterocycles. The van der Waals surface area contributed by atoms with E-state index in [0.717, 1.165) is 56.7 Å². The molecule has 1 fully saturated rings. The Labute approximate surface area is 238 Å². The van der Waals surface area contributed by atoms with Crippen molar-refractivity contribution in [2.24, 2.45) is 10.9 Å². The van der Waals surface area contributed by atoms with Crippen LogP contribution in [0.2, 0.25) is 0 Å². The van der Waals surface area contributed by atoms with Crippen LogP contribution in [0.5, 0.6) is 0 Å². The van der Waals surface area contributed by atoms with E-state index < -0.39 is 29.6 Å². The van der Waals surface area contributed by atoms with E-state index in [1.54, 1.807) is 0 Å². The van der Waals surface area contributed by atoms with Crippen LogP contribution in [-0.2, 0) is 14.3 Å². The number of likely N-dealkylation sites (tertiary alicyclic amines) is 1. The monoisotopic (exact) mass is 569 g/mol. The third-order valence-electron chi connectivity index (χ3n) is 7.59. The Bertz CT molecular complexity index is 1280. The number of urea groups is 1. The van der Waals surface area contributed by atoms with Gasteiger partial charge in [0.05, 0.1) is 18.4 Å². The number of nitrogens with zero attached hydrogens (tertiary/aromatic N) is 2. The van der Waals surface area contributed by atoms with Crippen molar-refractivity contribution in [1.82, 2.24) is 15.5 Å². The second-order valence-electron chi connectivity index (χ2n) is 10.4. The second-order valence-corrected chi connectivity index (χ2v) is 10.4. The molecule has 220 valence electrons. The molecule has 0 spiro atoms. The number of aliphatic imine (C=N–C) groups is 1. The van der Waals surface area contributed by atoms with E-state index in [4.69, 9.17) is 4.74 Å². The topological polar surface area (TPSA) is 112 Å². The van der Waals surface area contributed by atoms with Gasteiger partial charge >= 0.3 is 6.03 Å². The van der Waals surface area contributed by atoms with Crippen LogP contribution in [-0.4, -0.2) is 68.4 Å². The van der Waals surface area contributed by atoms with Crippen molar-refractivity contribution >= 4 is 29.2 Å². The molecule has 41 heavy (non-hydrogen) atoms. The number of methoxy groups -OCH3 is 1. The molecule has 9 nitrogen and oxygen atoms in total. The highest BCUT2D eigenvalue weighted by Crippen LogP contribution is 2.30. The normalized spacial score (nSPS) is 19.8. The molecule has 2 heterocycles. The number of hydrogen-bond acceptors (Lipinski definition) is 5. The first-order chi connectivity index (χ1) is 19.8. The molecular formula is C30H37F2N5O4. The number of anilines is 1. The van der Waals surface area contributed by atoms with Gasteiger partial charge in [0.25, 0.3) is 0 Å². The number of ether oxygens (including phenoxy) is 1. The molecule has 3 N–H and O–H groups in total. The Morgan fingerprint density at radius 2 is 1.88 bits per heavy atom. The zero-order chi connectivity index (χ0) is 29.4. The minimum Gasteiger partial charge on any atom is -0.379 e. The molecule has 4 amide bonds. The Balaban J connectivity index is 1.29. The van der Waals surface area contributed by atoms with Gasteiger partial charge in [-0.15, -0.1) is 0 Å². The molecule has 0 bridgehead atoms. The summed E-state index contributed by atoms with van der Waals surface area (Å²) in [4.78, 5) is 43.5. The number of amides is 4. The summed E-state index contributed by atoms with van der Waals surface area (Å²) in [7, 11) is 1.43. The predicted molar refractivity (Wildman–Crippen MR) is 152 cm³/mol. The average Bonchev–Trinajstić information content (AvgIpc) is 2.97. The Morgan fingerprint density at radius 1 is 1.10 bits per heavy atom. The number of nitrogens with one attached hydrogen (secondary N) is 3. The lowest BCUT2D eigenvalue weighted by molar-refractivity contribution is -0.124. The minimum atomic E-state index is -1.06. The standard InChI is InChI=1S/C30H37F2N5O4/c1-3-26(38)34-22-7-4-6-20(16-22)19-10-14-37(15-11-19)13-5-12-33-29(39)27-25(18-41-2)35-30(40)36-28(27)21-8-9-23(31)24(32)17-21/h4,6-9,16-17,19,27-28H,3,5,10-15,18H2,1-2H3,(H,33,39)(H,34,38)(H,36,40)/t27?,28-/m1/s1. The first-order valence-corrected chi connectivity index (χ1v) is 14.0. The third-order valence-corrected chi connectivity index (χ3v) is 7.59. The van der Waals surface area contributed by atoms with Crippen molar-refractivity contribution in [3.8, 4) is 0 Å². The van der Waals surface area contributed by atoms with Gasteiger partial charge < -0.3 is 25.6 Å². The quantitative estimate of drug-likeness (QED) is 0.352. The highest BCUT2D eigenvalue weighted by atomic mass is 19.2. The minimum absolute atomic E-state index is 0.000576. The number of rotatable bonds is 11. The van der Waals surface area contributed by atoms with Gasteiger partial charge in [-0.05, 0) is 80.2 Å². The number of carbonyl (C=O) groups is 3. The molecule has 2 aliphatic heterocycles. The predicted octanol–water partition coefficient (Wildman–Crippen LogP) is 4.17. The molecular weight excluding hydrogens is 532 g/mol. The van der Waals surface area contributed by atoms with E-state index in [-0.39, 0.29) is 29.7 Å². The Hall–Kier alpha value is -3.70. The molecule has 1 saturated heterocycles. The lowest BCUT2D eigenvalue weighted by Gasteiger charge is -2.33. The van der Waals surface area contributed by atoms with Crippen LogP contribution in [0.4, 0.5) is 19.3 Å². The number of hydrogen-bond donors (Lipinski definition) is 3. The van der Waals surface area contributed by atoms with E-state index >= 15 is 0 Å². The van der Waals surface area contributed by atoms with Crippen LogP contribution in [0.1, 0.15) is 55.7 Å². The number of carbonyl (C=O) groups excluding carboxylic acids is 3. The van der Waals surface area contributed by atoms with E-state index in [2.05, 4.69) is 38.0 Å².